The van der Waals surface area contributed by atoms with Crippen LogP contribution in [0, 0.1) is 12.8 Å². The molecular formula is C23H29BrN4O3S. The Hall–Kier alpha value is -2.26. The first-order chi connectivity index (χ1) is 15.3. The van der Waals surface area contributed by atoms with Gasteiger partial charge in [-0.1, -0.05) is 19.4 Å². The van der Waals surface area contributed by atoms with E-state index in [4.69, 9.17) is 4.74 Å². The van der Waals surface area contributed by atoms with E-state index in [2.05, 4.69) is 30.3 Å². The normalized spacial score (nSPS) is 15.8. The van der Waals surface area contributed by atoms with Gasteiger partial charge in [-0.3, -0.25) is 4.79 Å². The molecule has 172 valence electrons. The van der Waals surface area contributed by atoms with Crippen molar-refractivity contribution in [1.29, 1.82) is 0 Å². The van der Waals surface area contributed by atoms with Crippen LogP contribution >= 0.6 is 15.9 Å². The van der Waals surface area contributed by atoms with Crippen molar-refractivity contribution in [2.24, 2.45) is 15.3 Å². The van der Waals surface area contributed by atoms with Crippen molar-refractivity contribution in [3.63, 3.8) is 0 Å². The number of nitrogens with zero attached hydrogens (tertiary/aromatic N) is 4. The van der Waals surface area contributed by atoms with Crippen LogP contribution < -0.4 is 4.74 Å². The third-order valence-electron chi connectivity index (χ3n) is 5.47. The number of hydrogen-bond acceptors (Lipinski definition) is 5. The van der Waals surface area contributed by atoms with Crippen molar-refractivity contribution >= 4 is 43.6 Å². The number of aryl methyl sites for hydroxylation is 1. The first kappa shape index (κ1) is 24.4. The smallest absolute Gasteiger partial charge is 0.257 e. The maximum Gasteiger partial charge on any atom is 0.257 e. The highest BCUT2D eigenvalue weighted by Gasteiger charge is 2.27. The Balaban J connectivity index is 1.86. The van der Waals surface area contributed by atoms with Crippen LogP contribution in [0.25, 0.3) is 0 Å². The van der Waals surface area contributed by atoms with Crippen LogP contribution in [0.15, 0.2) is 49.1 Å². The van der Waals surface area contributed by atoms with E-state index >= 15 is 0 Å². The second-order valence-electron chi connectivity index (χ2n) is 7.76. The van der Waals surface area contributed by atoms with E-state index in [1.807, 2.05) is 31.9 Å². The second-order valence-corrected chi connectivity index (χ2v) is 11.1. The molecule has 0 saturated heterocycles. The fourth-order valence-electron chi connectivity index (χ4n) is 3.00. The Labute approximate surface area is 198 Å². The standard InChI is InChI=1S/C23H29BrN4O3S/c1-5-28(4)15-25-21-14-20(24)23(26-16(21)3)31-18-11-8-12-19(13-18)32(30,6-2)27-22(29)17-9-7-10-17/h8,11-15,17H,5-7,9-10H2,1-4H3. The van der Waals surface area contributed by atoms with Crippen LogP contribution in [0.3, 0.4) is 0 Å². The molecule has 32 heavy (non-hydrogen) atoms. The molecule has 1 saturated carbocycles. The molecule has 9 heteroatoms. The molecular weight excluding hydrogens is 492 g/mol. The SMILES string of the molecule is CCN(C)C=Nc1cc(Br)c(Oc2cccc(S(=O)(CC)=NC(=O)C3CCC3)c2)nc1C. The van der Waals surface area contributed by atoms with Gasteiger partial charge in [0.05, 0.1) is 36.8 Å². The number of carbonyl (C=O) groups is 1. The molecule has 2 aromatic rings. The van der Waals surface area contributed by atoms with Crippen molar-refractivity contribution in [2.75, 3.05) is 19.3 Å². The van der Waals surface area contributed by atoms with Gasteiger partial charge in [-0.2, -0.15) is 4.36 Å². The number of rotatable bonds is 8. The van der Waals surface area contributed by atoms with E-state index in [0.29, 0.717) is 21.0 Å². The molecule has 0 spiro atoms. The number of pyridine rings is 1. The van der Waals surface area contributed by atoms with E-state index in [0.717, 1.165) is 37.2 Å². The summed E-state index contributed by atoms with van der Waals surface area (Å²) in [5.74, 6) is 0.787. The Morgan fingerprint density at radius 2 is 2.09 bits per heavy atom. The lowest BCUT2D eigenvalue weighted by molar-refractivity contribution is -0.123. The zero-order valence-electron chi connectivity index (χ0n) is 18.9. The number of halogens is 1. The molecule has 1 atom stereocenters. The highest BCUT2D eigenvalue weighted by Crippen LogP contribution is 2.34. The lowest BCUT2D eigenvalue weighted by atomic mass is 9.85. The predicted octanol–water partition coefficient (Wildman–Crippen LogP) is 5.73. The van der Waals surface area contributed by atoms with Crippen molar-refractivity contribution in [3.05, 3.63) is 40.5 Å². The molecule has 0 radical (unpaired) electrons. The first-order valence-corrected chi connectivity index (χ1v) is 13.2. The van der Waals surface area contributed by atoms with E-state index in [1.165, 1.54) is 0 Å². The molecule has 1 fully saturated rings. The van der Waals surface area contributed by atoms with Gasteiger partial charge in [0, 0.05) is 25.3 Å². The molecule has 1 aliphatic rings. The highest BCUT2D eigenvalue weighted by molar-refractivity contribution is 9.10. The van der Waals surface area contributed by atoms with Crippen molar-refractivity contribution in [2.45, 2.75) is 44.9 Å². The monoisotopic (exact) mass is 520 g/mol. The summed E-state index contributed by atoms with van der Waals surface area (Å²) in [5.41, 5.74) is 1.46. The van der Waals surface area contributed by atoms with Gasteiger partial charge in [-0.25, -0.2) is 14.2 Å². The number of carbonyl (C=O) groups excluding carboxylic acids is 1. The minimum absolute atomic E-state index is 0.0803. The average molecular weight is 521 g/mol. The van der Waals surface area contributed by atoms with Gasteiger partial charge in [0.25, 0.3) is 5.91 Å². The molecule has 3 rings (SSSR count). The van der Waals surface area contributed by atoms with Crippen LogP contribution in [0.2, 0.25) is 0 Å². The Kier molecular flexibility index (Phi) is 8.05. The summed E-state index contributed by atoms with van der Waals surface area (Å²) in [4.78, 5) is 23.8. The second kappa shape index (κ2) is 10.6. The van der Waals surface area contributed by atoms with E-state index in [9.17, 15) is 9.00 Å². The van der Waals surface area contributed by atoms with Gasteiger partial charge >= 0.3 is 0 Å². The summed E-state index contributed by atoms with van der Waals surface area (Å²) in [5, 5.41) is 0. The summed E-state index contributed by atoms with van der Waals surface area (Å²) < 4.78 is 24.2. The van der Waals surface area contributed by atoms with Crippen LogP contribution in [0.5, 0.6) is 11.6 Å². The number of aliphatic imine (C=N–C) groups is 1. The highest BCUT2D eigenvalue weighted by atomic mass is 79.9. The van der Waals surface area contributed by atoms with Gasteiger partial charge in [0.15, 0.2) is 0 Å². The van der Waals surface area contributed by atoms with Crippen molar-refractivity contribution in [3.8, 4) is 11.6 Å². The number of amides is 1. The molecule has 1 amide bonds. The topological polar surface area (TPSA) is 84.2 Å². The van der Waals surface area contributed by atoms with E-state index in [-0.39, 0.29) is 17.6 Å². The maximum atomic E-state index is 13.4. The molecule has 1 aromatic carbocycles. The van der Waals surface area contributed by atoms with Crippen molar-refractivity contribution in [1.82, 2.24) is 9.88 Å². The quantitative estimate of drug-likeness (QED) is 0.327. The maximum absolute atomic E-state index is 13.4. The summed E-state index contributed by atoms with van der Waals surface area (Å²) in [6.45, 7) is 6.55. The third-order valence-corrected chi connectivity index (χ3v) is 8.29. The summed E-state index contributed by atoms with van der Waals surface area (Å²) >= 11 is 3.50. The Morgan fingerprint density at radius 1 is 1.34 bits per heavy atom. The Morgan fingerprint density at radius 3 is 2.72 bits per heavy atom. The van der Waals surface area contributed by atoms with Gasteiger partial charge in [0.2, 0.25) is 5.88 Å². The Bertz CT molecular complexity index is 1140. The van der Waals surface area contributed by atoms with Gasteiger partial charge in [0.1, 0.15) is 5.75 Å². The largest absolute Gasteiger partial charge is 0.438 e. The van der Waals surface area contributed by atoms with Crippen LogP contribution in [-0.2, 0) is 14.5 Å². The molecule has 0 N–H and O–H groups in total. The molecule has 7 nitrogen and oxygen atoms in total. The summed E-state index contributed by atoms with van der Waals surface area (Å²) in [7, 11) is -0.894. The van der Waals surface area contributed by atoms with Gasteiger partial charge in [-0.15, -0.1) is 0 Å². The lowest BCUT2D eigenvalue weighted by Crippen LogP contribution is -2.22. The summed E-state index contributed by atoms with van der Waals surface area (Å²) in [6, 6.07) is 8.77. The fourth-order valence-corrected chi connectivity index (χ4v) is 4.99. The molecule has 0 bridgehead atoms. The number of ether oxygens (including phenoxy) is 1. The van der Waals surface area contributed by atoms with Crippen LogP contribution in [0.1, 0.15) is 38.8 Å². The lowest BCUT2D eigenvalue weighted by Gasteiger charge is -2.22. The van der Waals surface area contributed by atoms with Crippen LogP contribution in [-0.4, -0.2) is 45.7 Å². The van der Waals surface area contributed by atoms with Crippen molar-refractivity contribution < 1.29 is 13.7 Å². The molecule has 1 unspecified atom stereocenters. The molecule has 1 aromatic heterocycles. The first-order valence-electron chi connectivity index (χ1n) is 10.7. The van der Waals surface area contributed by atoms with Crippen LogP contribution in [0.4, 0.5) is 5.69 Å². The minimum Gasteiger partial charge on any atom is -0.438 e. The fraction of sp³-hybridized carbons (Fsp3) is 0.435. The molecule has 1 heterocycles. The van der Waals surface area contributed by atoms with E-state index in [1.54, 1.807) is 37.5 Å². The average Bonchev–Trinajstić information content (AvgIpc) is 2.73. The van der Waals surface area contributed by atoms with E-state index < -0.39 is 9.73 Å². The number of hydrogen-bond donors (Lipinski definition) is 0. The van der Waals surface area contributed by atoms with Gasteiger partial charge < -0.3 is 9.64 Å². The van der Waals surface area contributed by atoms with Gasteiger partial charge in [-0.05, 0) is 66.9 Å². The number of benzene rings is 1. The third kappa shape index (κ3) is 5.75. The molecule has 1 aliphatic carbocycles. The minimum atomic E-state index is -2.84. The zero-order chi connectivity index (χ0) is 23.3. The molecule has 0 aliphatic heterocycles. The summed E-state index contributed by atoms with van der Waals surface area (Å²) in [6.07, 6.45) is 4.45. The predicted molar refractivity (Wildman–Crippen MR) is 131 cm³/mol. The number of aromatic nitrogens is 1. The zero-order valence-corrected chi connectivity index (χ0v) is 21.3.